The Morgan fingerprint density at radius 1 is 1.50 bits per heavy atom. The van der Waals surface area contributed by atoms with Crippen LogP contribution in [-0.2, 0) is 6.42 Å². The summed E-state index contributed by atoms with van der Waals surface area (Å²) >= 11 is 3.41. The molecule has 62 valence electrons. The molecule has 0 spiro atoms. The van der Waals surface area contributed by atoms with Crippen LogP contribution in [0.25, 0.3) is 0 Å². The van der Waals surface area contributed by atoms with Gasteiger partial charge in [0.1, 0.15) is 0 Å². The molecule has 1 aromatic rings. The van der Waals surface area contributed by atoms with Gasteiger partial charge in [-0.05, 0) is 36.6 Å². The Bertz CT molecular complexity index is 312. The smallest absolute Gasteiger partial charge is 0.0625 e. The van der Waals surface area contributed by atoms with Gasteiger partial charge in [-0.15, -0.1) is 0 Å². The molecule has 2 heteroatoms. The zero-order valence-corrected chi connectivity index (χ0v) is 8.56. The second kappa shape index (κ2) is 4.27. The van der Waals surface area contributed by atoms with Crippen LogP contribution >= 0.6 is 15.9 Å². The Balaban J connectivity index is 2.84. The summed E-state index contributed by atoms with van der Waals surface area (Å²) in [5.41, 5.74) is 2.51. The summed E-state index contributed by atoms with van der Waals surface area (Å²) in [5, 5.41) is 8.43. The van der Waals surface area contributed by atoms with Gasteiger partial charge in [0, 0.05) is 10.9 Å². The van der Waals surface area contributed by atoms with E-state index in [0.29, 0.717) is 6.42 Å². The molecule has 0 atom stereocenters. The molecule has 0 heterocycles. The molecule has 0 N–H and O–H groups in total. The van der Waals surface area contributed by atoms with Gasteiger partial charge in [-0.25, -0.2) is 0 Å². The Morgan fingerprint density at radius 3 is 2.92 bits per heavy atom. The molecule has 0 aromatic heterocycles. The minimum Gasteiger partial charge on any atom is -0.198 e. The zero-order chi connectivity index (χ0) is 8.97. The lowest BCUT2D eigenvalue weighted by Gasteiger charge is -2.02. The maximum absolute atomic E-state index is 8.43. The van der Waals surface area contributed by atoms with Gasteiger partial charge >= 0.3 is 0 Å². The summed E-state index contributed by atoms with van der Waals surface area (Å²) in [4.78, 5) is 0. The van der Waals surface area contributed by atoms with E-state index in [-0.39, 0.29) is 0 Å². The van der Waals surface area contributed by atoms with Crippen LogP contribution in [0, 0.1) is 18.3 Å². The first-order valence-electron chi connectivity index (χ1n) is 3.86. The molecule has 0 fully saturated rings. The van der Waals surface area contributed by atoms with Crippen LogP contribution < -0.4 is 0 Å². The average Bonchev–Trinajstić information content (AvgIpc) is 2.07. The normalized spacial score (nSPS) is 9.42. The molecule has 0 aliphatic rings. The third kappa shape index (κ3) is 2.35. The van der Waals surface area contributed by atoms with Gasteiger partial charge < -0.3 is 0 Å². The van der Waals surface area contributed by atoms with Crippen molar-refractivity contribution in [1.29, 1.82) is 5.26 Å². The van der Waals surface area contributed by atoms with E-state index in [1.54, 1.807) is 0 Å². The number of hydrogen-bond acceptors (Lipinski definition) is 1. The minimum atomic E-state index is 0.595. The zero-order valence-electron chi connectivity index (χ0n) is 6.97. The summed E-state index contributed by atoms with van der Waals surface area (Å²) in [6.07, 6.45) is 1.44. The van der Waals surface area contributed by atoms with E-state index >= 15 is 0 Å². The average molecular weight is 224 g/mol. The lowest BCUT2D eigenvalue weighted by Crippen LogP contribution is -1.88. The maximum Gasteiger partial charge on any atom is 0.0625 e. The van der Waals surface area contributed by atoms with Gasteiger partial charge in [0.15, 0.2) is 0 Å². The summed E-state index contributed by atoms with van der Waals surface area (Å²) in [6.45, 7) is 2.07. The van der Waals surface area contributed by atoms with Crippen LogP contribution in [0.4, 0.5) is 0 Å². The lowest BCUT2D eigenvalue weighted by molar-refractivity contribution is 0.995. The molecule has 0 saturated carbocycles. The molecule has 0 bridgehead atoms. The first-order chi connectivity index (χ1) is 5.74. The number of nitrogens with zero attached hydrogens (tertiary/aromatic N) is 1. The molecule has 0 aliphatic heterocycles. The van der Waals surface area contributed by atoms with Gasteiger partial charge in [0.25, 0.3) is 0 Å². The third-order valence-corrected chi connectivity index (χ3v) is 2.31. The highest BCUT2D eigenvalue weighted by atomic mass is 79.9. The number of halogens is 1. The highest BCUT2D eigenvalue weighted by molar-refractivity contribution is 9.10. The van der Waals surface area contributed by atoms with Crippen LogP contribution in [-0.4, -0.2) is 0 Å². The van der Waals surface area contributed by atoms with Crippen LogP contribution in [0.2, 0.25) is 0 Å². The van der Waals surface area contributed by atoms with E-state index < -0.39 is 0 Å². The van der Waals surface area contributed by atoms with Crippen LogP contribution in [0.15, 0.2) is 22.7 Å². The summed E-state index contributed by atoms with van der Waals surface area (Å²) in [7, 11) is 0. The van der Waals surface area contributed by atoms with Crippen LogP contribution in [0.3, 0.4) is 0 Å². The number of benzene rings is 1. The molecule has 12 heavy (non-hydrogen) atoms. The minimum absolute atomic E-state index is 0.595. The van der Waals surface area contributed by atoms with E-state index in [0.717, 1.165) is 10.9 Å². The highest BCUT2D eigenvalue weighted by Gasteiger charge is 1.97. The predicted octanol–water partition coefficient (Wildman–Crippen LogP) is 3.21. The van der Waals surface area contributed by atoms with E-state index in [1.165, 1.54) is 11.1 Å². The third-order valence-electron chi connectivity index (χ3n) is 1.82. The Hall–Kier alpha value is -0.810. The standard InChI is InChI=1S/C10H10BrN/c1-8-4-5-10(11)7-9(8)3-2-6-12/h4-5,7H,2-3H2,1H3. The van der Waals surface area contributed by atoms with Crippen molar-refractivity contribution in [1.82, 2.24) is 0 Å². The first-order valence-corrected chi connectivity index (χ1v) is 4.65. The van der Waals surface area contributed by atoms with Crippen molar-refractivity contribution in [3.63, 3.8) is 0 Å². The van der Waals surface area contributed by atoms with Crippen molar-refractivity contribution in [2.75, 3.05) is 0 Å². The monoisotopic (exact) mass is 223 g/mol. The summed E-state index contributed by atoms with van der Waals surface area (Å²) in [6, 6.07) is 8.31. The number of rotatable bonds is 2. The van der Waals surface area contributed by atoms with Crippen molar-refractivity contribution < 1.29 is 0 Å². The molecule has 0 unspecified atom stereocenters. The molecule has 0 radical (unpaired) electrons. The van der Waals surface area contributed by atoms with Crippen molar-refractivity contribution in [3.05, 3.63) is 33.8 Å². The topological polar surface area (TPSA) is 23.8 Å². The largest absolute Gasteiger partial charge is 0.198 e. The molecule has 1 nitrogen and oxygen atoms in total. The van der Waals surface area contributed by atoms with E-state index in [4.69, 9.17) is 5.26 Å². The van der Waals surface area contributed by atoms with E-state index in [9.17, 15) is 0 Å². The van der Waals surface area contributed by atoms with Crippen molar-refractivity contribution in [2.24, 2.45) is 0 Å². The van der Waals surface area contributed by atoms with E-state index in [1.807, 2.05) is 6.07 Å². The Kier molecular flexibility index (Phi) is 3.31. The molecule has 0 saturated heterocycles. The second-order valence-electron chi connectivity index (χ2n) is 2.73. The SMILES string of the molecule is Cc1ccc(Br)cc1CCC#N. The molecular formula is C10H10BrN. The van der Waals surface area contributed by atoms with Crippen molar-refractivity contribution in [2.45, 2.75) is 19.8 Å². The molecular weight excluding hydrogens is 214 g/mol. The number of hydrogen-bond donors (Lipinski definition) is 0. The van der Waals surface area contributed by atoms with Gasteiger partial charge in [-0.1, -0.05) is 22.0 Å². The first kappa shape index (κ1) is 9.28. The van der Waals surface area contributed by atoms with Crippen molar-refractivity contribution in [3.8, 4) is 6.07 Å². The van der Waals surface area contributed by atoms with Gasteiger partial charge in [0.2, 0.25) is 0 Å². The van der Waals surface area contributed by atoms with Crippen LogP contribution in [0.1, 0.15) is 17.5 Å². The van der Waals surface area contributed by atoms with Gasteiger partial charge in [-0.3, -0.25) is 0 Å². The molecule has 0 amide bonds. The van der Waals surface area contributed by atoms with E-state index in [2.05, 4.69) is 41.1 Å². The summed E-state index contributed by atoms with van der Waals surface area (Å²) < 4.78 is 1.08. The maximum atomic E-state index is 8.43. The van der Waals surface area contributed by atoms with Crippen molar-refractivity contribution >= 4 is 15.9 Å². The fourth-order valence-electron chi connectivity index (χ4n) is 1.10. The Labute approximate surface area is 81.2 Å². The highest BCUT2D eigenvalue weighted by Crippen LogP contribution is 2.16. The van der Waals surface area contributed by atoms with Gasteiger partial charge in [0.05, 0.1) is 6.07 Å². The Morgan fingerprint density at radius 2 is 2.25 bits per heavy atom. The molecule has 1 rings (SSSR count). The number of nitriles is 1. The molecule has 1 aromatic carbocycles. The van der Waals surface area contributed by atoms with Crippen LogP contribution in [0.5, 0.6) is 0 Å². The fraction of sp³-hybridized carbons (Fsp3) is 0.300. The van der Waals surface area contributed by atoms with Gasteiger partial charge in [-0.2, -0.15) is 5.26 Å². The predicted molar refractivity (Wildman–Crippen MR) is 52.8 cm³/mol. The second-order valence-corrected chi connectivity index (χ2v) is 3.64. The lowest BCUT2D eigenvalue weighted by atomic mass is 10.0. The fourth-order valence-corrected chi connectivity index (χ4v) is 1.51. The summed E-state index contributed by atoms with van der Waals surface area (Å²) in [5.74, 6) is 0. The molecule has 0 aliphatic carbocycles. The quantitative estimate of drug-likeness (QED) is 0.756. The number of aryl methyl sites for hydroxylation is 2.